The van der Waals surface area contributed by atoms with Gasteiger partial charge in [-0.1, -0.05) is 64.8 Å². The number of anilines is 1. The van der Waals surface area contributed by atoms with Gasteiger partial charge >= 0.3 is 0 Å². The Kier molecular flexibility index (Phi) is 5.70. The van der Waals surface area contributed by atoms with E-state index in [1.165, 1.54) is 16.4 Å². The third-order valence-electron chi connectivity index (χ3n) is 3.50. The van der Waals surface area contributed by atoms with Gasteiger partial charge in [0.2, 0.25) is 11.1 Å². The molecule has 26 heavy (non-hydrogen) atoms. The van der Waals surface area contributed by atoms with Crippen LogP contribution in [0.4, 0.5) is 5.69 Å². The zero-order chi connectivity index (χ0) is 18.7. The number of carbonyl (C=O) groups is 1. The molecule has 0 spiro atoms. The highest BCUT2D eigenvalue weighted by molar-refractivity contribution is 7.99. The number of nitrogens with zero attached hydrogens (tertiary/aromatic N) is 3. The van der Waals surface area contributed by atoms with Crippen molar-refractivity contribution in [2.45, 2.75) is 12.1 Å². The Hall–Kier alpha value is -2.22. The molecule has 0 aliphatic carbocycles. The molecule has 0 bridgehead atoms. The Morgan fingerprint density at radius 2 is 2.00 bits per heavy atom. The summed E-state index contributed by atoms with van der Waals surface area (Å²) >= 11 is 13.2. The van der Waals surface area contributed by atoms with E-state index in [1.807, 2.05) is 31.2 Å². The third-order valence-corrected chi connectivity index (χ3v) is 5.26. The molecule has 6 nitrogen and oxygen atoms in total. The molecule has 2 aromatic carbocycles. The summed E-state index contributed by atoms with van der Waals surface area (Å²) in [4.78, 5) is 12.2. The monoisotopic (exact) mass is 407 g/mol. The van der Waals surface area contributed by atoms with E-state index in [2.05, 4.69) is 15.5 Å². The smallest absolute Gasteiger partial charge is 0.234 e. The SMILES string of the molecule is Cc1cccc(-c2nnc(SCC(=O)Nc3cccc(Cl)c3Cl)n2N)c1. The minimum absolute atomic E-state index is 0.103. The number of carbonyl (C=O) groups excluding carboxylic acids is 1. The van der Waals surface area contributed by atoms with Crippen LogP contribution in [0, 0.1) is 6.92 Å². The maximum Gasteiger partial charge on any atom is 0.234 e. The summed E-state index contributed by atoms with van der Waals surface area (Å²) in [5.41, 5.74) is 2.42. The Morgan fingerprint density at radius 3 is 2.77 bits per heavy atom. The van der Waals surface area contributed by atoms with Gasteiger partial charge in [0.15, 0.2) is 5.82 Å². The first-order valence-electron chi connectivity index (χ1n) is 7.60. The van der Waals surface area contributed by atoms with Gasteiger partial charge in [-0.25, -0.2) is 4.68 Å². The first kappa shape index (κ1) is 18.6. The number of hydrogen-bond donors (Lipinski definition) is 2. The molecule has 3 N–H and O–H groups in total. The van der Waals surface area contributed by atoms with Crippen molar-refractivity contribution < 1.29 is 4.79 Å². The van der Waals surface area contributed by atoms with E-state index in [0.29, 0.717) is 26.7 Å². The average Bonchev–Trinajstić information content (AvgIpc) is 2.98. The van der Waals surface area contributed by atoms with Gasteiger partial charge in [0, 0.05) is 5.56 Å². The molecule has 134 valence electrons. The lowest BCUT2D eigenvalue weighted by molar-refractivity contribution is -0.113. The van der Waals surface area contributed by atoms with Gasteiger partial charge in [0.05, 0.1) is 21.5 Å². The van der Waals surface area contributed by atoms with Crippen LogP contribution in [0.1, 0.15) is 5.56 Å². The number of thioether (sulfide) groups is 1. The minimum Gasteiger partial charge on any atom is -0.335 e. The molecule has 0 saturated carbocycles. The van der Waals surface area contributed by atoms with E-state index in [1.54, 1.807) is 18.2 Å². The van der Waals surface area contributed by atoms with Crippen LogP contribution in [0.5, 0.6) is 0 Å². The van der Waals surface area contributed by atoms with Crippen molar-refractivity contribution in [1.29, 1.82) is 0 Å². The number of halogens is 2. The summed E-state index contributed by atoms with van der Waals surface area (Å²) in [6.07, 6.45) is 0. The second-order valence-electron chi connectivity index (χ2n) is 5.48. The van der Waals surface area contributed by atoms with Gasteiger partial charge in [0.1, 0.15) is 0 Å². The molecule has 0 saturated heterocycles. The molecule has 0 aliphatic heterocycles. The quantitative estimate of drug-likeness (QED) is 0.492. The number of nitrogens with two attached hydrogens (primary N) is 1. The van der Waals surface area contributed by atoms with Gasteiger partial charge in [-0.3, -0.25) is 4.79 Å². The largest absolute Gasteiger partial charge is 0.335 e. The molecule has 3 aromatic rings. The van der Waals surface area contributed by atoms with Crippen molar-refractivity contribution in [3.63, 3.8) is 0 Å². The molecular formula is C17H15Cl2N5OS. The molecule has 0 atom stereocenters. The molecule has 1 amide bonds. The van der Waals surface area contributed by atoms with Crippen LogP contribution in [-0.4, -0.2) is 26.5 Å². The fourth-order valence-electron chi connectivity index (χ4n) is 2.27. The van der Waals surface area contributed by atoms with Crippen molar-refractivity contribution in [1.82, 2.24) is 14.9 Å². The number of benzene rings is 2. The van der Waals surface area contributed by atoms with Crippen LogP contribution in [0.15, 0.2) is 47.6 Å². The lowest BCUT2D eigenvalue weighted by atomic mass is 10.1. The Bertz CT molecular complexity index is 960. The fourth-order valence-corrected chi connectivity index (χ4v) is 3.28. The Morgan fingerprint density at radius 1 is 1.23 bits per heavy atom. The van der Waals surface area contributed by atoms with Crippen molar-refractivity contribution in [2.24, 2.45) is 0 Å². The van der Waals surface area contributed by atoms with Crippen LogP contribution in [-0.2, 0) is 4.79 Å². The fraction of sp³-hybridized carbons (Fsp3) is 0.118. The lowest BCUT2D eigenvalue weighted by Crippen LogP contribution is -2.16. The number of amides is 1. The summed E-state index contributed by atoms with van der Waals surface area (Å²) in [5.74, 6) is 6.46. The summed E-state index contributed by atoms with van der Waals surface area (Å²) in [7, 11) is 0. The molecule has 9 heteroatoms. The van der Waals surface area contributed by atoms with E-state index in [9.17, 15) is 4.79 Å². The zero-order valence-electron chi connectivity index (χ0n) is 13.7. The van der Waals surface area contributed by atoms with Crippen molar-refractivity contribution in [3.05, 3.63) is 58.1 Å². The summed E-state index contributed by atoms with van der Waals surface area (Å²) < 4.78 is 1.37. The first-order chi connectivity index (χ1) is 12.5. The number of hydrogen-bond acceptors (Lipinski definition) is 5. The van der Waals surface area contributed by atoms with Gasteiger partial charge in [-0.05, 0) is 25.1 Å². The molecule has 1 heterocycles. The molecule has 0 radical (unpaired) electrons. The van der Waals surface area contributed by atoms with E-state index >= 15 is 0 Å². The van der Waals surface area contributed by atoms with Crippen LogP contribution in [0.2, 0.25) is 10.0 Å². The molecule has 1 aromatic heterocycles. The summed E-state index contributed by atoms with van der Waals surface area (Å²) in [6, 6.07) is 12.8. The molecule has 0 unspecified atom stereocenters. The molecular weight excluding hydrogens is 393 g/mol. The average molecular weight is 408 g/mol. The van der Waals surface area contributed by atoms with Gasteiger partial charge < -0.3 is 11.2 Å². The van der Waals surface area contributed by atoms with Gasteiger partial charge in [0.25, 0.3) is 0 Å². The predicted octanol–water partition coefficient (Wildman–Crippen LogP) is 4.00. The summed E-state index contributed by atoms with van der Waals surface area (Å²) in [6.45, 7) is 1.99. The highest BCUT2D eigenvalue weighted by Crippen LogP contribution is 2.30. The molecule has 3 rings (SSSR count). The van der Waals surface area contributed by atoms with Crippen molar-refractivity contribution in [3.8, 4) is 11.4 Å². The second kappa shape index (κ2) is 7.99. The van der Waals surface area contributed by atoms with E-state index < -0.39 is 0 Å². The molecule has 0 aliphatic rings. The Labute approximate surface area is 164 Å². The first-order valence-corrected chi connectivity index (χ1v) is 9.34. The molecule has 0 fully saturated rings. The van der Waals surface area contributed by atoms with Crippen molar-refractivity contribution in [2.75, 3.05) is 16.9 Å². The topological polar surface area (TPSA) is 85.8 Å². The zero-order valence-corrected chi connectivity index (χ0v) is 16.1. The number of nitrogen functional groups attached to an aromatic ring is 1. The summed E-state index contributed by atoms with van der Waals surface area (Å²) in [5, 5.41) is 12.0. The van der Waals surface area contributed by atoms with Crippen LogP contribution in [0.3, 0.4) is 0 Å². The lowest BCUT2D eigenvalue weighted by Gasteiger charge is -2.08. The predicted molar refractivity (Wildman–Crippen MR) is 106 cm³/mol. The van der Waals surface area contributed by atoms with Crippen LogP contribution < -0.4 is 11.2 Å². The third kappa shape index (κ3) is 4.12. The van der Waals surface area contributed by atoms with E-state index in [4.69, 9.17) is 29.0 Å². The second-order valence-corrected chi connectivity index (χ2v) is 7.21. The highest BCUT2D eigenvalue weighted by Gasteiger charge is 2.15. The highest BCUT2D eigenvalue weighted by atomic mass is 35.5. The number of aromatic nitrogens is 3. The van der Waals surface area contributed by atoms with Gasteiger partial charge in [-0.2, -0.15) is 0 Å². The van der Waals surface area contributed by atoms with Crippen molar-refractivity contribution >= 4 is 46.6 Å². The van der Waals surface area contributed by atoms with Gasteiger partial charge in [-0.15, -0.1) is 10.2 Å². The van der Waals surface area contributed by atoms with E-state index in [0.717, 1.165) is 11.1 Å². The normalized spacial score (nSPS) is 10.7. The van der Waals surface area contributed by atoms with Crippen LogP contribution >= 0.6 is 35.0 Å². The van der Waals surface area contributed by atoms with Crippen LogP contribution in [0.25, 0.3) is 11.4 Å². The number of rotatable bonds is 5. The maximum absolute atomic E-state index is 12.2. The van der Waals surface area contributed by atoms with E-state index in [-0.39, 0.29) is 11.7 Å². The number of aryl methyl sites for hydroxylation is 1. The Balaban J connectivity index is 1.67. The maximum atomic E-state index is 12.2. The number of nitrogens with one attached hydrogen (secondary N) is 1. The standard InChI is InChI=1S/C17H15Cl2N5OS/c1-10-4-2-5-11(8-10)16-22-23-17(24(16)20)26-9-14(25)21-13-7-3-6-12(18)15(13)19/h2-8H,9,20H2,1H3,(H,21,25). The minimum atomic E-state index is -0.251.